The van der Waals surface area contributed by atoms with Gasteiger partial charge in [-0.05, 0) is 37.3 Å². The number of H-pyrrole nitrogens is 1. The van der Waals surface area contributed by atoms with Gasteiger partial charge in [-0.1, -0.05) is 19.3 Å². The van der Waals surface area contributed by atoms with Gasteiger partial charge in [0.15, 0.2) is 0 Å². The van der Waals surface area contributed by atoms with Crippen molar-refractivity contribution in [1.29, 1.82) is 0 Å². The van der Waals surface area contributed by atoms with Crippen LogP contribution in [0.1, 0.15) is 43.4 Å². The van der Waals surface area contributed by atoms with Crippen LogP contribution < -0.4 is 0 Å². The fourth-order valence-electron chi connectivity index (χ4n) is 2.05. The molecular weight excluding hydrogens is 146 g/mol. The van der Waals surface area contributed by atoms with Crippen LogP contribution in [0, 0.1) is 0 Å². The maximum atomic E-state index is 3.35. The van der Waals surface area contributed by atoms with Crippen LogP contribution >= 0.6 is 0 Å². The second kappa shape index (κ2) is 3.79. The average Bonchev–Trinajstić information content (AvgIpc) is 2.50. The van der Waals surface area contributed by atoms with Crippen LogP contribution in [-0.2, 0) is 12.8 Å². The molecule has 0 spiro atoms. The van der Waals surface area contributed by atoms with Gasteiger partial charge in [0, 0.05) is 11.9 Å². The molecule has 1 aliphatic rings. The average molecular weight is 163 g/mol. The van der Waals surface area contributed by atoms with E-state index in [0.717, 1.165) is 0 Å². The molecule has 0 atom stereocenters. The van der Waals surface area contributed by atoms with Gasteiger partial charge in [-0.15, -0.1) is 0 Å². The van der Waals surface area contributed by atoms with Crippen molar-refractivity contribution < 1.29 is 0 Å². The fourth-order valence-corrected chi connectivity index (χ4v) is 2.05. The van der Waals surface area contributed by atoms with Gasteiger partial charge in [0.25, 0.3) is 0 Å². The Kier molecular flexibility index (Phi) is 2.50. The van der Waals surface area contributed by atoms with Gasteiger partial charge in [-0.3, -0.25) is 0 Å². The second-order valence-corrected chi connectivity index (χ2v) is 3.75. The quantitative estimate of drug-likeness (QED) is 0.605. The van der Waals surface area contributed by atoms with Gasteiger partial charge in [0.1, 0.15) is 0 Å². The highest BCUT2D eigenvalue weighted by atomic mass is 14.7. The lowest BCUT2D eigenvalue weighted by Crippen LogP contribution is -1.90. The lowest BCUT2D eigenvalue weighted by Gasteiger charge is -1.99. The number of nitrogens with one attached hydrogen (secondary N) is 1. The van der Waals surface area contributed by atoms with E-state index in [9.17, 15) is 0 Å². The first kappa shape index (κ1) is 7.90. The third-order valence-electron chi connectivity index (χ3n) is 2.80. The Morgan fingerprint density at radius 2 is 1.67 bits per heavy atom. The monoisotopic (exact) mass is 163 g/mol. The van der Waals surface area contributed by atoms with E-state index in [-0.39, 0.29) is 0 Å². The summed E-state index contributed by atoms with van der Waals surface area (Å²) in [5.41, 5.74) is 3.06. The summed E-state index contributed by atoms with van der Waals surface area (Å²) in [7, 11) is 0. The molecule has 1 aliphatic carbocycles. The van der Waals surface area contributed by atoms with Crippen LogP contribution in [0.5, 0.6) is 0 Å². The van der Waals surface area contributed by atoms with Crippen LogP contribution in [0.15, 0.2) is 12.3 Å². The summed E-state index contributed by atoms with van der Waals surface area (Å²) in [6.45, 7) is 0. The molecule has 2 rings (SSSR count). The van der Waals surface area contributed by atoms with Crippen LogP contribution in [0.2, 0.25) is 0 Å². The minimum atomic E-state index is 1.27. The van der Waals surface area contributed by atoms with Crippen molar-refractivity contribution in [3.63, 3.8) is 0 Å². The molecule has 0 saturated carbocycles. The molecular formula is C11H17N. The zero-order chi connectivity index (χ0) is 8.23. The van der Waals surface area contributed by atoms with Gasteiger partial charge in [0.2, 0.25) is 0 Å². The highest BCUT2D eigenvalue weighted by Gasteiger charge is 2.05. The number of hydrogen-bond acceptors (Lipinski definition) is 0. The smallest absolute Gasteiger partial charge is 0.0179 e. The molecule has 0 bridgehead atoms. The summed E-state index contributed by atoms with van der Waals surface area (Å²) < 4.78 is 0. The largest absolute Gasteiger partial charge is 0.365 e. The Labute approximate surface area is 74.2 Å². The Balaban J connectivity index is 2.10. The van der Waals surface area contributed by atoms with E-state index in [1.165, 1.54) is 50.6 Å². The molecule has 1 N–H and O–H groups in total. The van der Waals surface area contributed by atoms with Gasteiger partial charge >= 0.3 is 0 Å². The topological polar surface area (TPSA) is 15.8 Å². The van der Waals surface area contributed by atoms with Crippen LogP contribution in [0.3, 0.4) is 0 Å². The second-order valence-electron chi connectivity index (χ2n) is 3.75. The Bertz CT molecular complexity index is 214. The normalized spacial score (nSPS) is 19.0. The van der Waals surface area contributed by atoms with Crippen molar-refractivity contribution in [2.75, 3.05) is 0 Å². The number of aromatic amines is 1. The minimum Gasteiger partial charge on any atom is -0.365 e. The van der Waals surface area contributed by atoms with E-state index in [0.29, 0.717) is 0 Å². The summed E-state index contributed by atoms with van der Waals surface area (Å²) in [5, 5.41) is 0. The van der Waals surface area contributed by atoms with Crippen molar-refractivity contribution in [3.8, 4) is 0 Å². The Hall–Kier alpha value is -0.720. The first-order chi connectivity index (χ1) is 5.97. The number of rotatable bonds is 0. The standard InChI is InChI=1S/C11H17N/c1-2-4-6-10-8-9-12-11(10)7-5-3-1/h8-9,12H,1-7H2. The molecule has 1 heterocycles. The molecule has 0 unspecified atom stereocenters. The number of aryl methyl sites for hydroxylation is 2. The van der Waals surface area contributed by atoms with E-state index < -0.39 is 0 Å². The third-order valence-corrected chi connectivity index (χ3v) is 2.80. The molecule has 0 saturated heterocycles. The van der Waals surface area contributed by atoms with Crippen molar-refractivity contribution in [2.45, 2.75) is 44.9 Å². The Morgan fingerprint density at radius 3 is 2.58 bits per heavy atom. The van der Waals surface area contributed by atoms with Gasteiger partial charge in [0.05, 0.1) is 0 Å². The molecule has 0 amide bonds. The third kappa shape index (κ3) is 1.71. The maximum absolute atomic E-state index is 3.35. The predicted octanol–water partition coefficient (Wildman–Crippen LogP) is 3.06. The highest BCUT2D eigenvalue weighted by Crippen LogP contribution is 2.18. The van der Waals surface area contributed by atoms with Crippen molar-refractivity contribution >= 4 is 0 Å². The van der Waals surface area contributed by atoms with Crippen LogP contribution in [0.4, 0.5) is 0 Å². The summed E-state index contributed by atoms with van der Waals surface area (Å²) in [6, 6.07) is 2.25. The van der Waals surface area contributed by atoms with Gasteiger partial charge < -0.3 is 4.98 Å². The lowest BCUT2D eigenvalue weighted by atomic mass is 10.1. The SMILES string of the molecule is c1cc2c([nH]1)CCCCCCC2. The first-order valence-corrected chi connectivity index (χ1v) is 5.12. The predicted molar refractivity (Wildman–Crippen MR) is 51.3 cm³/mol. The number of aromatic nitrogens is 1. The first-order valence-electron chi connectivity index (χ1n) is 5.12. The summed E-state index contributed by atoms with van der Waals surface area (Å²) in [4.78, 5) is 3.35. The summed E-state index contributed by atoms with van der Waals surface area (Å²) in [5.74, 6) is 0. The molecule has 1 nitrogen and oxygen atoms in total. The zero-order valence-electron chi connectivity index (χ0n) is 7.60. The summed E-state index contributed by atoms with van der Waals surface area (Å²) in [6.07, 6.45) is 11.7. The molecule has 1 aromatic heterocycles. The van der Waals surface area contributed by atoms with E-state index in [4.69, 9.17) is 0 Å². The molecule has 66 valence electrons. The zero-order valence-corrected chi connectivity index (χ0v) is 7.60. The molecule has 12 heavy (non-hydrogen) atoms. The van der Waals surface area contributed by atoms with Crippen molar-refractivity contribution in [2.24, 2.45) is 0 Å². The number of hydrogen-bond donors (Lipinski definition) is 1. The molecule has 0 fully saturated rings. The van der Waals surface area contributed by atoms with Crippen LogP contribution in [-0.4, -0.2) is 4.98 Å². The lowest BCUT2D eigenvalue weighted by molar-refractivity contribution is 0.627. The molecule has 1 heteroatoms. The van der Waals surface area contributed by atoms with Crippen molar-refractivity contribution in [1.82, 2.24) is 4.98 Å². The minimum absolute atomic E-state index is 1.27. The van der Waals surface area contributed by atoms with Gasteiger partial charge in [-0.25, -0.2) is 0 Å². The van der Waals surface area contributed by atoms with Crippen molar-refractivity contribution in [3.05, 3.63) is 23.5 Å². The van der Waals surface area contributed by atoms with E-state index in [2.05, 4.69) is 17.2 Å². The molecule has 0 aromatic carbocycles. The van der Waals surface area contributed by atoms with E-state index >= 15 is 0 Å². The van der Waals surface area contributed by atoms with Crippen LogP contribution in [0.25, 0.3) is 0 Å². The fraction of sp³-hybridized carbons (Fsp3) is 0.636. The Morgan fingerprint density at radius 1 is 0.917 bits per heavy atom. The maximum Gasteiger partial charge on any atom is 0.0179 e. The number of fused-ring (bicyclic) bond motifs is 1. The molecule has 1 aromatic rings. The van der Waals surface area contributed by atoms with Gasteiger partial charge in [-0.2, -0.15) is 0 Å². The summed E-state index contributed by atoms with van der Waals surface area (Å²) >= 11 is 0. The van der Waals surface area contributed by atoms with E-state index in [1.807, 2.05) is 0 Å². The highest BCUT2D eigenvalue weighted by molar-refractivity contribution is 5.20. The molecule has 0 aliphatic heterocycles. The molecule has 0 radical (unpaired) electrons. The van der Waals surface area contributed by atoms with E-state index in [1.54, 1.807) is 5.56 Å².